The lowest BCUT2D eigenvalue weighted by atomic mass is 9.98. The zero-order valence-corrected chi connectivity index (χ0v) is 12.3. The van der Waals surface area contributed by atoms with Crippen LogP contribution in [0.4, 0.5) is 4.39 Å². The largest absolute Gasteiger partial charge is 0.496 e. The summed E-state index contributed by atoms with van der Waals surface area (Å²) < 4.78 is 19.4. The fourth-order valence-electron chi connectivity index (χ4n) is 2.30. The molecule has 1 N–H and O–H groups in total. The lowest BCUT2D eigenvalue weighted by Gasteiger charge is -2.21. The highest BCUT2D eigenvalue weighted by molar-refractivity contribution is 5.37. The van der Waals surface area contributed by atoms with Gasteiger partial charge in [0.15, 0.2) is 0 Å². The second-order valence-electron chi connectivity index (χ2n) is 4.86. The number of benzene rings is 1. The maximum atomic E-state index is 14.1. The van der Waals surface area contributed by atoms with Crippen LogP contribution in [-0.2, 0) is 0 Å². The Morgan fingerprint density at radius 1 is 1.21 bits per heavy atom. The van der Waals surface area contributed by atoms with E-state index in [0.29, 0.717) is 11.3 Å². The maximum Gasteiger partial charge on any atom is 0.131 e. The fraction of sp³-hybridized carbons (Fsp3) is 0.625. The van der Waals surface area contributed by atoms with Gasteiger partial charge in [0.2, 0.25) is 0 Å². The van der Waals surface area contributed by atoms with E-state index in [1.807, 2.05) is 6.07 Å². The SMILES string of the molecule is CCCCCC(NCCC)c1c(F)cccc1OC. The number of halogens is 1. The van der Waals surface area contributed by atoms with Crippen molar-refractivity contribution in [2.45, 2.75) is 52.0 Å². The van der Waals surface area contributed by atoms with Crippen molar-refractivity contribution in [3.05, 3.63) is 29.6 Å². The summed E-state index contributed by atoms with van der Waals surface area (Å²) in [6.45, 7) is 5.20. The summed E-state index contributed by atoms with van der Waals surface area (Å²) >= 11 is 0. The third-order valence-corrected chi connectivity index (χ3v) is 3.32. The van der Waals surface area contributed by atoms with Gasteiger partial charge in [0, 0.05) is 11.6 Å². The van der Waals surface area contributed by atoms with Crippen LogP contribution in [0.15, 0.2) is 18.2 Å². The van der Waals surface area contributed by atoms with Gasteiger partial charge in [0.25, 0.3) is 0 Å². The van der Waals surface area contributed by atoms with Gasteiger partial charge in [0.1, 0.15) is 11.6 Å². The van der Waals surface area contributed by atoms with Crippen LogP contribution < -0.4 is 10.1 Å². The molecule has 0 heterocycles. The average Bonchev–Trinajstić information content (AvgIpc) is 2.43. The highest BCUT2D eigenvalue weighted by Gasteiger charge is 2.19. The molecule has 0 amide bonds. The molecule has 1 aromatic rings. The first-order valence-electron chi connectivity index (χ1n) is 7.30. The number of unbranched alkanes of at least 4 members (excludes halogenated alkanes) is 2. The second-order valence-corrected chi connectivity index (χ2v) is 4.86. The Morgan fingerprint density at radius 3 is 2.63 bits per heavy atom. The Morgan fingerprint density at radius 2 is 2.00 bits per heavy atom. The number of hydrogen-bond donors (Lipinski definition) is 1. The van der Waals surface area contributed by atoms with Crippen LogP contribution in [0, 0.1) is 5.82 Å². The van der Waals surface area contributed by atoms with Gasteiger partial charge in [-0.25, -0.2) is 4.39 Å². The van der Waals surface area contributed by atoms with E-state index in [-0.39, 0.29) is 11.9 Å². The highest BCUT2D eigenvalue weighted by atomic mass is 19.1. The van der Waals surface area contributed by atoms with E-state index < -0.39 is 0 Å². The van der Waals surface area contributed by atoms with E-state index in [0.717, 1.165) is 25.8 Å². The van der Waals surface area contributed by atoms with Gasteiger partial charge < -0.3 is 10.1 Å². The van der Waals surface area contributed by atoms with Crippen molar-refractivity contribution in [2.24, 2.45) is 0 Å². The molecule has 0 saturated heterocycles. The first-order valence-corrected chi connectivity index (χ1v) is 7.30. The molecule has 0 aliphatic heterocycles. The zero-order chi connectivity index (χ0) is 14.1. The predicted octanol–water partition coefficient (Wildman–Crippen LogP) is 4.46. The molecule has 0 aromatic heterocycles. The van der Waals surface area contributed by atoms with Crippen LogP contribution in [0.1, 0.15) is 57.6 Å². The summed E-state index contributed by atoms with van der Waals surface area (Å²) in [5.41, 5.74) is 0.676. The fourth-order valence-corrected chi connectivity index (χ4v) is 2.30. The molecule has 0 aliphatic carbocycles. The first kappa shape index (κ1) is 16.0. The van der Waals surface area contributed by atoms with Crippen molar-refractivity contribution in [2.75, 3.05) is 13.7 Å². The maximum absolute atomic E-state index is 14.1. The van der Waals surface area contributed by atoms with Crippen molar-refractivity contribution < 1.29 is 9.13 Å². The summed E-state index contributed by atoms with van der Waals surface area (Å²) in [5, 5.41) is 3.44. The minimum atomic E-state index is -0.176. The summed E-state index contributed by atoms with van der Waals surface area (Å²) in [6.07, 6.45) is 5.46. The third-order valence-electron chi connectivity index (χ3n) is 3.32. The van der Waals surface area contributed by atoms with E-state index in [1.165, 1.54) is 18.9 Å². The normalized spacial score (nSPS) is 12.4. The Kier molecular flexibility index (Phi) is 7.49. The van der Waals surface area contributed by atoms with Crippen molar-refractivity contribution in [1.82, 2.24) is 5.32 Å². The highest BCUT2D eigenvalue weighted by Crippen LogP contribution is 2.31. The summed E-state index contributed by atoms with van der Waals surface area (Å²) in [4.78, 5) is 0. The number of hydrogen-bond acceptors (Lipinski definition) is 2. The topological polar surface area (TPSA) is 21.3 Å². The van der Waals surface area contributed by atoms with Crippen LogP contribution in [0.5, 0.6) is 5.75 Å². The number of methoxy groups -OCH3 is 1. The van der Waals surface area contributed by atoms with Crippen molar-refractivity contribution >= 4 is 0 Å². The van der Waals surface area contributed by atoms with Gasteiger partial charge in [-0.3, -0.25) is 0 Å². The molecule has 0 radical (unpaired) electrons. The molecule has 0 spiro atoms. The van der Waals surface area contributed by atoms with Gasteiger partial charge in [-0.1, -0.05) is 39.2 Å². The lowest BCUT2D eigenvalue weighted by Crippen LogP contribution is -2.23. The van der Waals surface area contributed by atoms with E-state index in [2.05, 4.69) is 19.2 Å². The number of rotatable bonds is 9. The number of nitrogens with one attached hydrogen (secondary N) is 1. The van der Waals surface area contributed by atoms with Gasteiger partial charge >= 0.3 is 0 Å². The van der Waals surface area contributed by atoms with Crippen LogP contribution >= 0.6 is 0 Å². The quantitative estimate of drug-likeness (QED) is 0.667. The van der Waals surface area contributed by atoms with Crippen molar-refractivity contribution in [3.8, 4) is 5.75 Å². The minimum Gasteiger partial charge on any atom is -0.496 e. The third kappa shape index (κ3) is 4.83. The smallest absolute Gasteiger partial charge is 0.131 e. The minimum absolute atomic E-state index is 0.0441. The lowest BCUT2D eigenvalue weighted by molar-refractivity contribution is 0.381. The molecule has 19 heavy (non-hydrogen) atoms. The molecule has 1 rings (SSSR count). The molecular formula is C16H26FNO. The molecule has 0 bridgehead atoms. The molecule has 1 unspecified atom stereocenters. The standard InChI is InChI=1S/C16H26FNO/c1-4-6-7-10-14(18-12-5-2)16-13(17)9-8-11-15(16)19-3/h8-9,11,14,18H,4-7,10,12H2,1-3H3. The Hall–Kier alpha value is -1.09. The van der Waals surface area contributed by atoms with Crippen molar-refractivity contribution in [3.63, 3.8) is 0 Å². The van der Waals surface area contributed by atoms with Gasteiger partial charge in [-0.2, -0.15) is 0 Å². The van der Waals surface area contributed by atoms with Crippen LogP contribution in [0.3, 0.4) is 0 Å². The molecular weight excluding hydrogens is 241 g/mol. The molecule has 3 heteroatoms. The number of ether oxygens (including phenoxy) is 1. The van der Waals surface area contributed by atoms with Crippen LogP contribution in [-0.4, -0.2) is 13.7 Å². The van der Waals surface area contributed by atoms with E-state index in [4.69, 9.17) is 4.74 Å². The second kappa shape index (κ2) is 8.92. The van der Waals surface area contributed by atoms with Gasteiger partial charge in [-0.15, -0.1) is 0 Å². The summed E-state index contributed by atoms with van der Waals surface area (Å²) in [5.74, 6) is 0.467. The molecule has 0 fully saturated rings. The van der Waals surface area contributed by atoms with E-state index >= 15 is 0 Å². The van der Waals surface area contributed by atoms with Crippen LogP contribution in [0.2, 0.25) is 0 Å². The van der Waals surface area contributed by atoms with E-state index in [9.17, 15) is 4.39 Å². The predicted molar refractivity (Wildman–Crippen MR) is 78.1 cm³/mol. The van der Waals surface area contributed by atoms with Gasteiger partial charge in [-0.05, 0) is 31.5 Å². The zero-order valence-electron chi connectivity index (χ0n) is 12.3. The molecule has 1 aromatic carbocycles. The monoisotopic (exact) mass is 267 g/mol. The molecule has 2 nitrogen and oxygen atoms in total. The molecule has 108 valence electrons. The molecule has 0 saturated carbocycles. The van der Waals surface area contributed by atoms with Gasteiger partial charge in [0.05, 0.1) is 7.11 Å². The Balaban J connectivity index is 2.88. The molecule has 0 aliphatic rings. The Bertz CT molecular complexity index is 368. The van der Waals surface area contributed by atoms with E-state index in [1.54, 1.807) is 13.2 Å². The molecule has 1 atom stereocenters. The van der Waals surface area contributed by atoms with Crippen LogP contribution in [0.25, 0.3) is 0 Å². The average molecular weight is 267 g/mol. The first-order chi connectivity index (χ1) is 9.24. The van der Waals surface area contributed by atoms with Crippen molar-refractivity contribution in [1.29, 1.82) is 0 Å². The summed E-state index contributed by atoms with van der Waals surface area (Å²) in [6, 6.07) is 5.08. The Labute approximate surface area is 116 Å². The summed E-state index contributed by atoms with van der Waals surface area (Å²) in [7, 11) is 1.60.